The SMILES string of the molecule is O=C(NC[C@H](c1cccc2ccccc12)N1CCOCC1)c1ccc2c(c1)OCO2. The molecular formula is C24H24N2O4. The number of nitrogens with zero attached hydrogens (tertiary/aromatic N) is 1. The fourth-order valence-corrected chi connectivity index (χ4v) is 4.20. The number of hydrogen-bond donors (Lipinski definition) is 1. The Labute approximate surface area is 175 Å². The number of hydrogen-bond acceptors (Lipinski definition) is 5. The predicted octanol–water partition coefficient (Wildman–Crippen LogP) is 3.37. The van der Waals surface area contributed by atoms with Gasteiger partial charge in [0.2, 0.25) is 6.79 Å². The number of morpholine rings is 1. The molecule has 1 saturated heterocycles. The van der Waals surface area contributed by atoms with E-state index < -0.39 is 0 Å². The third-order valence-electron chi connectivity index (χ3n) is 5.76. The van der Waals surface area contributed by atoms with Gasteiger partial charge in [0.25, 0.3) is 5.91 Å². The molecule has 0 bridgehead atoms. The van der Waals surface area contributed by atoms with Gasteiger partial charge in [-0.3, -0.25) is 9.69 Å². The lowest BCUT2D eigenvalue weighted by molar-refractivity contribution is 0.0165. The molecule has 1 atom stereocenters. The van der Waals surface area contributed by atoms with E-state index in [9.17, 15) is 4.79 Å². The van der Waals surface area contributed by atoms with E-state index in [1.807, 2.05) is 0 Å². The standard InChI is InChI=1S/C24H24N2O4/c27-24(18-8-9-22-23(14-18)30-16-29-22)25-15-21(26-10-12-28-13-11-26)20-7-3-5-17-4-1-2-6-19(17)20/h1-9,14,21H,10-13,15-16H2,(H,25,27)/t21-/m1/s1. The summed E-state index contributed by atoms with van der Waals surface area (Å²) < 4.78 is 16.3. The number of fused-ring (bicyclic) bond motifs is 2. The third-order valence-corrected chi connectivity index (χ3v) is 5.76. The van der Waals surface area contributed by atoms with Crippen LogP contribution in [0.3, 0.4) is 0 Å². The summed E-state index contributed by atoms with van der Waals surface area (Å²) in [5.41, 5.74) is 1.79. The summed E-state index contributed by atoms with van der Waals surface area (Å²) in [6.45, 7) is 3.80. The smallest absolute Gasteiger partial charge is 0.251 e. The van der Waals surface area contributed by atoms with Crippen LogP contribution >= 0.6 is 0 Å². The van der Waals surface area contributed by atoms with Crippen LogP contribution in [0.15, 0.2) is 60.7 Å². The van der Waals surface area contributed by atoms with Gasteiger partial charge in [-0.2, -0.15) is 0 Å². The Kier molecular flexibility index (Phi) is 5.26. The molecule has 6 heteroatoms. The van der Waals surface area contributed by atoms with Crippen molar-refractivity contribution in [1.29, 1.82) is 0 Å². The first-order valence-corrected chi connectivity index (χ1v) is 10.3. The lowest BCUT2D eigenvalue weighted by Gasteiger charge is -2.35. The molecule has 30 heavy (non-hydrogen) atoms. The molecule has 1 amide bonds. The quantitative estimate of drug-likeness (QED) is 0.707. The van der Waals surface area contributed by atoms with Crippen LogP contribution < -0.4 is 14.8 Å². The third kappa shape index (κ3) is 3.72. The normalized spacial score (nSPS) is 17.1. The molecule has 0 unspecified atom stereocenters. The zero-order valence-electron chi connectivity index (χ0n) is 16.7. The first-order valence-electron chi connectivity index (χ1n) is 10.3. The summed E-state index contributed by atoms with van der Waals surface area (Å²) in [6.07, 6.45) is 0. The van der Waals surface area contributed by atoms with Crippen molar-refractivity contribution < 1.29 is 19.0 Å². The minimum atomic E-state index is -0.119. The summed E-state index contributed by atoms with van der Waals surface area (Å²) in [6, 6.07) is 20.1. The van der Waals surface area contributed by atoms with Crippen molar-refractivity contribution in [1.82, 2.24) is 10.2 Å². The Bertz CT molecular complexity index is 1060. The van der Waals surface area contributed by atoms with Crippen molar-refractivity contribution in [3.8, 4) is 11.5 Å². The fraction of sp³-hybridized carbons (Fsp3) is 0.292. The van der Waals surface area contributed by atoms with Gasteiger partial charge < -0.3 is 19.5 Å². The van der Waals surface area contributed by atoms with E-state index in [1.165, 1.54) is 16.3 Å². The minimum Gasteiger partial charge on any atom is -0.454 e. The van der Waals surface area contributed by atoms with E-state index >= 15 is 0 Å². The predicted molar refractivity (Wildman–Crippen MR) is 114 cm³/mol. The number of ether oxygens (including phenoxy) is 3. The lowest BCUT2D eigenvalue weighted by atomic mass is 9.97. The molecule has 0 aromatic heterocycles. The van der Waals surface area contributed by atoms with Gasteiger partial charge in [0.1, 0.15) is 0 Å². The summed E-state index contributed by atoms with van der Waals surface area (Å²) in [5, 5.41) is 5.55. The maximum atomic E-state index is 12.9. The second-order valence-corrected chi connectivity index (χ2v) is 7.51. The van der Waals surface area contributed by atoms with Crippen LogP contribution in [-0.2, 0) is 4.74 Å². The summed E-state index contributed by atoms with van der Waals surface area (Å²) >= 11 is 0. The molecule has 2 aliphatic rings. The van der Waals surface area contributed by atoms with Crippen molar-refractivity contribution in [3.05, 3.63) is 71.8 Å². The number of rotatable bonds is 5. The largest absolute Gasteiger partial charge is 0.454 e. The number of nitrogens with one attached hydrogen (secondary N) is 1. The lowest BCUT2D eigenvalue weighted by Crippen LogP contribution is -2.43. The van der Waals surface area contributed by atoms with Crippen LogP contribution in [-0.4, -0.2) is 50.4 Å². The van der Waals surface area contributed by atoms with E-state index in [2.05, 4.69) is 52.7 Å². The maximum absolute atomic E-state index is 12.9. The van der Waals surface area contributed by atoms with Crippen LogP contribution in [0, 0.1) is 0 Å². The highest BCUT2D eigenvalue weighted by Crippen LogP contribution is 2.33. The molecule has 0 spiro atoms. The molecule has 3 aromatic rings. The number of amides is 1. The molecule has 2 heterocycles. The number of carbonyl (C=O) groups is 1. The average Bonchev–Trinajstić information content (AvgIpc) is 3.28. The van der Waals surface area contributed by atoms with Crippen LogP contribution in [0.1, 0.15) is 22.0 Å². The summed E-state index contributed by atoms with van der Waals surface area (Å²) in [5.74, 6) is 1.17. The Morgan fingerprint density at radius 1 is 0.967 bits per heavy atom. The van der Waals surface area contributed by atoms with E-state index in [0.717, 1.165) is 13.1 Å². The van der Waals surface area contributed by atoms with Crippen LogP contribution in [0.2, 0.25) is 0 Å². The second kappa shape index (κ2) is 8.34. The molecule has 0 aliphatic carbocycles. The zero-order chi connectivity index (χ0) is 20.3. The summed E-state index contributed by atoms with van der Waals surface area (Å²) in [7, 11) is 0. The highest BCUT2D eigenvalue weighted by molar-refractivity contribution is 5.95. The molecule has 1 fully saturated rings. The summed E-state index contributed by atoms with van der Waals surface area (Å²) in [4.78, 5) is 15.3. The van der Waals surface area contributed by atoms with Gasteiger partial charge in [0, 0.05) is 25.2 Å². The van der Waals surface area contributed by atoms with Crippen molar-refractivity contribution in [3.63, 3.8) is 0 Å². The van der Waals surface area contributed by atoms with E-state index in [0.29, 0.717) is 36.8 Å². The Morgan fingerprint density at radius 3 is 2.67 bits per heavy atom. The highest BCUT2D eigenvalue weighted by atomic mass is 16.7. The molecular weight excluding hydrogens is 380 g/mol. The molecule has 0 saturated carbocycles. The van der Waals surface area contributed by atoms with Crippen LogP contribution in [0.4, 0.5) is 0 Å². The Hall–Kier alpha value is -3.09. The van der Waals surface area contributed by atoms with Crippen molar-refractivity contribution in [2.45, 2.75) is 6.04 Å². The Morgan fingerprint density at radius 2 is 1.77 bits per heavy atom. The van der Waals surface area contributed by atoms with Gasteiger partial charge in [-0.1, -0.05) is 42.5 Å². The molecule has 3 aromatic carbocycles. The van der Waals surface area contributed by atoms with Gasteiger partial charge in [-0.25, -0.2) is 0 Å². The monoisotopic (exact) mass is 404 g/mol. The van der Waals surface area contributed by atoms with Gasteiger partial charge in [0.15, 0.2) is 11.5 Å². The average molecular weight is 404 g/mol. The number of benzene rings is 3. The molecule has 6 nitrogen and oxygen atoms in total. The van der Waals surface area contributed by atoms with Gasteiger partial charge in [-0.05, 0) is 34.5 Å². The van der Waals surface area contributed by atoms with Crippen molar-refractivity contribution >= 4 is 16.7 Å². The molecule has 0 radical (unpaired) electrons. The topological polar surface area (TPSA) is 60.0 Å². The van der Waals surface area contributed by atoms with Crippen LogP contribution in [0.5, 0.6) is 11.5 Å². The van der Waals surface area contributed by atoms with E-state index in [1.54, 1.807) is 18.2 Å². The van der Waals surface area contributed by atoms with Crippen molar-refractivity contribution in [2.24, 2.45) is 0 Å². The van der Waals surface area contributed by atoms with Gasteiger partial charge in [-0.15, -0.1) is 0 Å². The number of carbonyl (C=O) groups excluding carboxylic acids is 1. The first kappa shape index (κ1) is 18.9. The highest BCUT2D eigenvalue weighted by Gasteiger charge is 2.25. The van der Waals surface area contributed by atoms with E-state index in [4.69, 9.17) is 14.2 Å². The molecule has 2 aliphatic heterocycles. The molecule has 1 N–H and O–H groups in total. The second-order valence-electron chi connectivity index (χ2n) is 7.51. The fourth-order valence-electron chi connectivity index (χ4n) is 4.20. The van der Waals surface area contributed by atoms with E-state index in [-0.39, 0.29) is 18.7 Å². The molecule has 5 rings (SSSR count). The molecule has 154 valence electrons. The first-order chi connectivity index (χ1) is 14.8. The Balaban J connectivity index is 1.40. The van der Waals surface area contributed by atoms with Gasteiger partial charge >= 0.3 is 0 Å². The van der Waals surface area contributed by atoms with Crippen molar-refractivity contribution in [2.75, 3.05) is 39.6 Å². The zero-order valence-corrected chi connectivity index (χ0v) is 16.7. The van der Waals surface area contributed by atoms with Gasteiger partial charge in [0.05, 0.1) is 19.3 Å². The van der Waals surface area contributed by atoms with Crippen LogP contribution in [0.25, 0.3) is 10.8 Å². The maximum Gasteiger partial charge on any atom is 0.251 e. The minimum absolute atomic E-state index is 0.0676.